The lowest BCUT2D eigenvalue weighted by molar-refractivity contribution is 0.0797. The number of para-hydroxylation sites is 1. The predicted octanol–water partition coefficient (Wildman–Crippen LogP) is 5.64. The van der Waals surface area contributed by atoms with Crippen molar-refractivity contribution in [2.24, 2.45) is 4.40 Å². The van der Waals surface area contributed by atoms with Crippen LogP contribution >= 0.6 is 0 Å². The van der Waals surface area contributed by atoms with Crippen molar-refractivity contribution >= 4 is 15.9 Å². The molecule has 0 amide bonds. The van der Waals surface area contributed by atoms with Crippen molar-refractivity contribution in [1.82, 2.24) is 0 Å². The van der Waals surface area contributed by atoms with Crippen LogP contribution in [0.25, 0.3) is 11.1 Å². The van der Waals surface area contributed by atoms with Gasteiger partial charge in [-0.15, -0.1) is 4.40 Å². The summed E-state index contributed by atoms with van der Waals surface area (Å²) in [5.41, 5.74) is 1.62. The molecular formula is C28H30FNO5S. The molecule has 1 heterocycles. The topological polar surface area (TPSA) is 85.2 Å². The molecule has 36 heavy (non-hydrogen) atoms. The molecule has 0 saturated heterocycles. The SMILES string of the molecule is COc1ccccc1-c1ccc(C2C(C)(C)OC(C[C@@H](CCO)c3ccccc3F)=NS2(=O)=O)cc1. The van der Waals surface area contributed by atoms with Crippen LogP contribution in [0.2, 0.25) is 0 Å². The summed E-state index contributed by atoms with van der Waals surface area (Å²) in [5.74, 6) is -0.149. The molecule has 0 aromatic heterocycles. The number of methoxy groups -OCH3 is 1. The first-order chi connectivity index (χ1) is 17.2. The summed E-state index contributed by atoms with van der Waals surface area (Å²) in [7, 11) is -2.39. The van der Waals surface area contributed by atoms with Gasteiger partial charge in [-0.2, -0.15) is 0 Å². The number of rotatable bonds is 8. The quantitative estimate of drug-likeness (QED) is 0.423. The summed E-state index contributed by atoms with van der Waals surface area (Å²) in [6.07, 6.45) is 0.307. The number of aliphatic hydroxyl groups excluding tert-OH is 1. The molecule has 0 bridgehead atoms. The summed E-state index contributed by atoms with van der Waals surface area (Å²) < 4.78 is 56.8. The van der Waals surface area contributed by atoms with Crippen molar-refractivity contribution in [2.75, 3.05) is 13.7 Å². The van der Waals surface area contributed by atoms with Gasteiger partial charge in [-0.1, -0.05) is 60.7 Å². The van der Waals surface area contributed by atoms with Crippen LogP contribution in [0, 0.1) is 5.82 Å². The highest BCUT2D eigenvalue weighted by Crippen LogP contribution is 2.42. The van der Waals surface area contributed by atoms with E-state index in [1.165, 1.54) is 6.07 Å². The molecule has 1 aliphatic heterocycles. The third kappa shape index (κ3) is 5.29. The third-order valence-electron chi connectivity index (χ3n) is 6.41. The van der Waals surface area contributed by atoms with Crippen LogP contribution in [0.15, 0.2) is 77.2 Å². The van der Waals surface area contributed by atoms with Gasteiger partial charge in [0.2, 0.25) is 5.90 Å². The predicted molar refractivity (Wildman–Crippen MR) is 138 cm³/mol. The molecule has 8 heteroatoms. The molecule has 3 aromatic rings. The van der Waals surface area contributed by atoms with Crippen LogP contribution in [0.3, 0.4) is 0 Å². The summed E-state index contributed by atoms with van der Waals surface area (Å²) >= 11 is 0. The van der Waals surface area contributed by atoms with Crippen molar-refractivity contribution < 1.29 is 27.4 Å². The second-order valence-corrected chi connectivity index (χ2v) is 11.0. The Labute approximate surface area is 211 Å². The van der Waals surface area contributed by atoms with Crippen molar-refractivity contribution in [3.05, 3.63) is 89.7 Å². The lowest BCUT2D eigenvalue weighted by Gasteiger charge is -2.38. The van der Waals surface area contributed by atoms with Crippen molar-refractivity contribution in [2.45, 2.75) is 43.5 Å². The zero-order chi connectivity index (χ0) is 25.9. The first kappa shape index (κ1) is 25.9. The number of aliphatic hydroxyl groups is 1. The summed E-state index contributed by atoms with van der Waals surface area (Å²) in [4.78, 5) is 0. The molecule has 1 aliphatic rings. The highest BCUT2D eigenvalue weighted by molar-refractivity contribution is 7.90. The van der Waals surface area contributed by atoms with Gasteiger partial charge in [0, 0.05) is 18.6 Å². The Morgan fingerprint density at radius 1 is 1.06 bits per heavy atom. The molecule has 1 N–H and O–H groups in total. The smallest absolute Gasteiger partial charge is 0.267 e. The first-order valence-electron chi connectivity index (χ1n) is 11.8. The van der Waals surface area contributed by atoms with E-state index in [9.17, 15) is 17.9 Å². The Balaban J connectivity index is 1.64. The van der Waals surface area contributed by atoms with E-state index < -0.39 is 32.6 Å². The molecule has 0 radical (unpaired) electrons. The third-order valence-corrected chi connectivity index (χ3v) is 8.31. The van der Waals surface area contributed by atoms with Gasteiger partial charge in [0.05, 0.1) is 7.11 Å². The molecule has 2 atom stereocenters. The normalized spacial score (nSPS) is 19.1. The fourth-order valence-electron chi connectivity index (χ4n) is 4.84. The van der Waals surface area contributed by atoms with Gasteiger partial charge >= 0.3 is 0 Å². The largest absolute Gasteiger partial charge is 0.496 e. The molecule has 4 rings (SSSR count). The van der Waals surface area contributed by atoms with Gasteiger partial charge in [0.15, 0.2) is 0 Å². The van der Waals surface area contributed by atoms with E-state index in [2.05, 4.69) is 4.40 Å². The molecule has 6 nitrogen and oxygen atoms in total. The van der Waals surface area contributed by atoms with E-state index in [4.69, 9.17) is 9.47 Å². The van der Waals surface area contributed by atoms with Gasteiger partial charge in [0.25, 0.3) is 10.0 Å². The molecule has 3 aromatic carbocycles. The molecule has 0 spiro atoms. The summed E-state index contributed by atoms with van der Waals surface area (Å²) in [6, 6.07) is 21.1. The Morgan fingerprint density at radius 2 is 1.72 bits per heavy atom. The van der Waals surface area contributed by atoms with Crippen LogP contribution in [0.5, 0.6) is 5.75 Å². The van der Waals surface area contributed by atoms with Crippen molar-refractivity contribution in [3.8, 4) is 16.9 Å². The lowest BCUT2D eigenvalue weighted by atomic mass is 9.91. The number of halogens is 1. The van der Waals surface area contributed by atoms with Gasteiger partial charge < -0.3 is 14.6 Å². The first-order valence-corrected chi connectivity index (χ1v) is 13.3. The highest BCUT2D eigenvalue weighted by Gasteiger charge is 2.47. The fraction of sp³-hybridized carbons (Fsp3) is 0.321. The van der Waals surface area contributed by atoms with E-state index in [-0.39, 0.29) is 25.3 Å². The number of hydrogen-bond acceptors (Lipinski definition) is 5. The maximum absolute atomic E-state index is 14.4. The summed E-state index contributed by atoms with van der Waals surface area (Å²) in [5, 5.41) is 8.50. The number of nitrogens with zero attached hydrogens (tertiary/aromatic N) is 1. The van der Waals surface area contributed by atoms with E-state index in [0.717, 1.165) is 16.9 Å². The zero-order valence-electron chi connectivity index (χ0n) is 20.5. The van der Waals surface area contributed by atoms with Crippen molar-refractivity contribution in [3.63, 3.8) is 0 Å². The van der Waals surface area contributed by atoms with Gasteiger partial charge in [-0.3, -0.25) is 0 Å². The van der Waals surface area contributed by atoms with Gasteiger partial charge in [-0.05, 0) is 55.0 Å². The Morgan fingerprint density at radius 3 is 2.36 bits per heavy atom. The molecule has 190 valence electrons. The number of ether oxygens (including phenoxy) is 2. The lowest BCUT2D eigenvalue weighted by Crippen LogP contribution is -2.43. The fourth-order valence-corrected chi connectivity index (χ4v) is 6.61. The maximum atomic E-state index is 14.4. The van der Waals surface area contributed by atoms with Gasteiger partial charge in [0.1, 0.15) is 22.4 Å². The van der Waals surface area contributed by atoms with Crippen molar-refractivity contribution in [1.29, 1.82) is 0 Å². The van der Waals surface area contributed by atoms with Crippen LogP contribution < -0.4 is 4.74 Å². The molecule has 1 unspecified atom stereocenters. The minimum Gasteiger partial charge on any atom is -0.496 e. The number of sulfonamides is 1. The molecule has 0 aliphatic carbocycles. The Kier molecular flexibility index (Phi) is 7.47. The van der Waals surface area contributed by atoms with Gasteiger partial charge in [-0.25, -0.2) is 12.8 Å². The second kappa shape index (κ2) is 10.4. The maximum Gasteiger partial charge on any atom is 0.267 e. The van der Waals surface area contributed by atoms with Crippen LogP contribution in [0.4, 0.5) is 4.39 Å². The average Bonchev–Trinajstić information content (AvgIpc) is 2.83. The van der Waals surface area contributed by atoms with Crippen LogP contribution in [0.1, 0.15) is 49.0 Å². The number of hydrogen-bond donors (Lipinski definition) is 1. The number of benzene rings is 3. The van der Waals surface area contributed by atoms with E-state index in [1.807, 2.05) is 36.4 Å². The zero-order valence-corrected chi connectivity index (χ0v) is 21.3. The minimum atomic E-state index is -3.99. The Hall–Kier alpha value is -3.23. The highest BCUT2D eigenvalue weighted by atomic mass is 32.2. The van der Waals surface area contributed by atoms with Crippen LogP contribution in [-0.4, -0.2) is 38.7 Å². The molecule has 0 saturated carbocycles. The average molecular weight is 512 g/mol. The van der Waals surface area contributed by atoms with E-state index in [0.29, 0.717) is 11.1 Å². The minimum absolute atomic E-state index is 0.0172. The summed E-state index contributed by atoms with van der Waals surface area (Å²) in [6.45, 7) is 3.24. The molecular weight excluding hydrogens is 481 g/mol. The standard InChI is InChI=1S/C28H30FNO5S/c1-28(2)27(20-14-12-19(13-15-20)23-9-5-7-11-25(23)34-3)36(32,33)30-26(35-28)18-21(16-17-31)22-8-4-6-10-24(22)29/h4-15,21,27,31H,16-18H2,1-3H3/t21-,27?/m1/s1. The van der Waals surface area contributed by atoms with Crippen LogP contribution in [-0.2, 0) is 14.8 Å². The monoisotopic (exact) mass is 511 g/mol. The molecule has 0 fully saturated rings. The second-order valence-electron chi connectivity index (χ2n) is 9.34. The Bertz CT molecular complexity index is 1350. The van der Waals surface area contributed by atoms with E-state index in [1.54, 1.807) is 51.3 Å². The van der Waals surface area contributed by atoms with E-state index >= 15 is 0 Å².